The Morgan fingerprint density at radius 1 is 0.925 bits per heavy atom. The zero-order valence-corrected chi connectivity index (χ0v) is 25.5. The Labute approximate surface area is 247 Å². The molecule has 0 heterocycles. The summed E-state index contributed by atoms with van der Waals surface area (Å²) in [5.41, 5.74) is 2.90. The summed E-state index contributed by atoms with van der Waals surface area (Å²) < 4.78 is 28.8. The number of hydrogen-bond acceptors (Lipinski definition) is 4. The second-order valence-corrected chi connectivity index (χ2v) is 12.4. The number of anilines is 1. The quantitative estimate of drug-likeness (QED) is 0.252. The van der Waals surface area contributed by atoms with Crippen LogP contribution in [0.2, 0.25) is 10.0 Å². The molecule has 0 radical (unpaired) electrons. The number of aryl methyl sites for hydroxylation is 2. The highest BCUT2D eigenvalue weighted by molar-refractivity contribution is 7.92. The molecule has 214 valence electrons. The average Bonchev–Trinajstić information content (AvgIpc) is 2.91. The molecule has 1 atom stereocenters. The Morgan fingerprint density at radius 3 is 2.25 bits per heavy atom. The van der Waals surface area contributed by atoms with E-state index in [1.807, 2.05) is 45.0 Å². The van der Waals surface area contributed by atoms with Crippen molar-refractivity contribution < 1.29 is 18.0 Å². The summed E-state index contributed by atoms with van der Waals surface area (Å²) in [5.74, 6) is -0.849. The van der Waals surface area contributed by atoms with Gasteiger partial charge in [0.25, 0.3) is 10.0 Å². The summed E-state index contributed by atoms with van der Waals surface area (Å²) in [4.78, 5) is 28.4. The number of rotatable bonds is 12. The topological polar surface area (TPSA) is 86.8 Å². The molecule has 0 saturated heterocycles. The van der Waals surface area contributed by atoms with Crippen LogP contribution in [0.4, 0.5) is 5.69 Å². The molecule has 0 aromatic heterocycles. The minimum absolute atomic E-state index is 0.0209. The zero-order chi connectivity index (χ0) is 29.4. The highest BCUT2D eigenvalue weighted by atomic mass is 35.5. The first-order valence-corrected chi connectivity index (χ1v) is 15.3. The van der Waals surface area contributed by atoms with Crippen molar-refractivity contribution in [3.05, 3.63) is 93.5 Å². The van der Waals surface area contributed by atoms with Crippen molar-refractivity contribution in [3.63, 3.8) is 0 Å². The fourth-order valence-electron chi connectivity index (χ4n) is 4.13. The van der Waals surface area contributed by atoms with E-state index in [0.717, 1.165) is 33.8 Å². The van der Waals surface area contributed by atoms with Crippen molar-refractivity contribution in [1.82, 2.24) is 10.2 Å². The number of carbonyl (C=O) groups is 2. The molecule has 0 fully saturated rings. The lowest BCUT2D eigenvalue weighted by atomic mass is 10.1. The van der Waals surface area contributed by atoms with E-state index < -0.39 is 28.5 Å². The number of halogens is 2. The molecule has 0 aliphatic carbocycles. The summed E-state index contributed by atoms with van der Waals surface area (Å²) >= 11 is 12.3. The highest BCUT2D eigenvalue weighted by Gasteiger charge is 2.32. The van der Waals surface area contributed by atoms with Crippen LogP contribution in [0.25, 0.3) is 0 Å². The largest absolute Gasteiger partial charge is 0.354 e. The smallest absolute Gasteiger partial charge is 0.264 e. The Kier molecular flexibility index (Phi) is 11.0. The predicted molar refractivity (Wildman–Crippen MR) is 161 cm³/mol. The molecular formula is C30H35Cl2N3O4S. The van der Waals surface area contributed by atoms with E-state index in [1.165, 1.54) is 35.2 Å². The molecule has 0 spiro atoms. The van der Waals surface area contributed by atoms with Gasteiger partial charge < -0.3 is 10.2 Å². The molecule has 40 heavy (non-hydrogen) atoms. The van der Waals surface area contributed by atoms with Crippen molar-refractivity contribution in [3.8, 4) is 0 Å². The first-order valence-electron chi connectivity index (χ1n) is 13.1. The number of amides is 2. The van der Waals surface area contributed by atoms with E-state index in [9.17, 15) is 18.0 Å². The molecule has 0 unspecified atom stereocenters. The van der Waals surface area contributed by atoms with E-state index in [4.69, 9.17) is 23.2 Å². The van der Waals surface area contributed by atoms with E-state index >= 15 is 0 Å². The fraction of sp³-hybridized carbons (Fsp3) is 0.333. The van der Waals surface area contributed by atoms with Crippen LogP contribution in [-0.2, 0) is 26.2 Å². The Hall–Kier alpha value is -3.07. The second kappa shape index (κ2) is 14.0. The van der Waals surface area contributed by atoms with Gasteiger partial charge in [-0.2, -0.15) is 0 Å². The Bertz CT molecular complexity index is 1450. The Morgan fingerprint density at radius 2 is 1.62 bits per heavy atom. The third kappa shape index (κ3) is 7.99. The van der Waals surface area contributed by atoms with Gasteiger partial charge in [-0.05, 0) is 63.1 Å². The molecule has 0 bridgehead atoms. The highest BCUT2D eigenvalue weighted by Crippen LogP contribution is 2.31. The third-order valence-corrected chi connectivity index (χ3v) is 9.04. The molecule has 10 heteroatoms. The van der Waals surface area contributed by atoms with Crippen LogP contribution in [0.1, 0.15) is 43.4 Å². The number of carbonyl (C=O) groups excluding carboxylic acids is 2. The molecule has 3 rings (SSSR count). The van der Waals surface area contributed by atoms with E-state index in [0.29, 0.717) is 6.54 Å². The molecule has 1 N–H and O–H groups in total. The van der Waals surface area contributed by atoms with Crippen LogP contribution >= 0.6 is 23.2 Å². The lowest BCUT2D eigenvalue weighted by molar-refractivity contribution is -0.139. The molecule has 2 amide bonds. The van der Waals surface area contributed by atoms with Gasteiger partial charge in [-0.3, -0.25) is 13.9 Å². The Balaban J connectivity index is 2.03. The standard InChI is InChI=1S/C30H35Cl2N3O4S/c1-5-6-16-33-30(37)23(4)34(19-24-9-7-8-22(3)17-24)29(36)20-35(25-12-15-27(31)28(32)18-25)40(38,39)26-13-10-21(2)11-14-26/h7-15,17-18,23H,5-6,16,19-20H2,1-4H3,(H,33,37)/t23-/m1/s1. The van der Waals surface area contributed by atoms with Crippen LogP contribution in [0.15, 0.2) is 71.6 Å². The minimum atomic E-state index is -4.19. The number of sulfonamides is 1. The van der Waals surface area contributed by atoms with Crippen LogP contribution in [0, 0.1) is 13.8 Å². The molecule has 3 aromatic carbocycles. The lowest BCUT2D eigenvalue weighted by Gasteiger charge is -2.32. The maximum absolute atomic E-state index is 14.0. The summed E-state index contributed by atoms with van der Waals surface area (Å²) in [6.07, 6.45) is 1.72. The van der Waals surface area contributed by atoms with Gasteiger partial charge in [0.05, 0.1) is 20.6 Å². The van der Waals surface area contributed by atoms with Gasteiger partial charge in [0.2, 0.25) is 11.8 Å². The number of nitrogens with zero attached hydrogens (tertiary/aromatic N) is 2. The summed E-state index contributed by atoms with van der Waals surface area (Å²) in [6, 6.07) is 17.5. The monoisotopic (exact) mass is 603 g/mol. The molecule has 0 saturated carbocycles. The van der Waals surface area contributed by atoms with Crippen molar-refractivity contribution >= 4 is 50.7 Å². The lowest BCUT2D eigenvalue weighted by Crippen LogP contribution is -2.51. The summed E-state index contributed by atoms with van der Waals surface area (Å²) in [6.45, 7) is 7.53. The SMILES string of the molecule is CCCCNC(=O)[C@@H](C)N(Cc1cccc(C)c1)C(=O)CN(c1ccc(Cl)c(Cl)c1)S(=O)(=O)c1ccc(C)cc1. The molecule has 7 nitrogen and oxygen atoms in total. The van der Waals surface area contributed by atoms with E-state index in [2.05, 4.69) is 5.32 Å². The van der Waals surface area contributed by atoms with Gasteiger partial charge in [0, 0.05) is 13.1 Å². The zero-order valence-electron chi connectivity index (χ0n) is 23.2. The molecule has 0 aliphatic heterocycles. The predicted octanol–water partition coefficient (Wildman–Crippen LogP) is 6.14. The van der Waals surface area contributed by atoms with Crippen LogP contribution in [0.3, 0.4) is 0 Å². The van der Waals surface area contributed by atoms with Gasteiger partial charge >= 0.3 is 0 Å². The molecule has 3 aromatic rings. The van der Waals surface area contributed by atoms with Crippen molar-refractivity contribution in [2.45, 2.75) is 58.0 Å². The van der Waals surface area contributed by atoms with Crippen molar-refractivity contribution in [1.29, 1.82) is 0 Å². The number of unbranched alkanes of at least 4 members (excludes halogenated alkanes) is 1. The first-order chi connectivity index (χ1) is 18.9. The molecular weight excluding hydrogens is 569 g/mol. The number of hydrogen-bond donors (Lipinski definition) is 1. The number of nitrogens with one attached hydrogen (secondary N) is 1. The van der Waals surface area contributed by atoms with Gasteiger partial charge in [0.1, 0.15) is 12.6 Å². The maximum atomic E-state index is 14.0. The van der Waals surface area contributed by atoms with Gasteiger partial charge in [-0.1, -0.05) is 84.1 Å². The summed E-state index contributed by atoms with van der Waals surface area (Å²) in [5, 5.41) is 3.28. The fourth-order valence-corrected chi connectivity index (χ4v) is 5.83. The first kappa shape index (κ1) is 31.5. The minimum Gasteiger partial charge on any atom is -0.354 e. The third-order valence-electron chi connectivity index (χ3n) is 6.51. The molecule has 0 aliphatic rings. The number of benzene rings is 3. The van der Waals surface area contributed by atoms with Gasteiger partial charge in [0.15, 0.2) is 0 Å². The maximum Gasteiger partial charge on any atom is 0.264 e. The average molecular weight is 605 g/mol. The second-order valence-electron chi connectivity index (χ2n) is 9.75. The normalized spacial score (nSPS) is 12.1. The summed E-state index contributed by atoms with van der Waals surface area (Å²) in [7, 11) is -4.19. The van der Waals surface area contributed by atoms with Crippen molar-refractivity contribution in [2.75, 3.05) is 17.4 Å². The van der Waals surface area contributed by atoms with E-state index in [-0.39, 0.29) is 33.1 Å². The van der Waals surface area contributed by atoms with Crippen LogP contribution < -0.4 is 9.62 Å². The van der Waals surface area contributed by atoms with Gasteiger partial charge in [-0.15, -0.1) is 0 Å². The van der Waals surface area contributed by atoms with Gasteiger partial charge in [-0.25, -0.2) is 8.42 Å². The van der Waals surface area contributed by atoms with Crippen LogP contribution in [0.5, 0.6) is 0 Å². The van der Waals surface area contributed by atoms with E-state index in [1.54, 1.807) is 19.1 Å². The van der Waals surface area contributed by atoms with Crippen LogP contribution in [-0.4, -0.2) is 44.3 Å². The van der Waals surface area contributed by atoms with Crippen molar-refractivity contribution in [2.24, 2.45) is 0 Å².